The number of carbonyl (C=O) groups is 1. The molecule has 0 aromatic heterocycles. The second-order valence-corrected chi connectivity index (χ2v) is 4.95. The lowest BCUT2D eigenvalue weighted by Gasteiger charge is -2.09. The topological polar surface area (TPSA) is 26.3 Å². The molecule has 0 atom stereocenters. The van der Waals surface area contributed by atoms with Crippen molar-refractivity contribution in [2.45, 2.75) is 6.92 Å². The molecule has 0 amide bonds. The van der Waals surface area contributed by atoms with Crippen molar-refractivity contribution in [3.05, 3.63) is 63.6 Å². The maximum absolute atomic E-state index is 12.1. The second-order valence-electron chi connectivity index (χ2n) is 4.10. The minimum atomic E-state index is -0.125. The van der Waals surface area contributed by atoms with E-state index in [9.17, 15) is 4.79 Å². The number of hydrogen-bond donors (Lipinski definition) is 0. The average Bonchev–Trinajstić information content (AvgIpc) is 2.40. The summed E-state index contributed by atoms with van der Waals surface area (Å²) in [7, 11) is 0. The highest BCUT2D eigenvalue weighted by Gasteiger charge is 2.11. The van der Waals surface area contributed by atoms with Crippen LogP contribution in [0.5, 0.6) is 5.75 Å². The molecule has 0 bridgehead atoms. The minimum Gasteiger partial charge on any atom is -0.484 e. The van der Waals surface area contributed by atoms with Crippen molar-refractivity contribution >= 4 is 29.0 Å². The van der Waals surface area contributed by atoms with Gasteiger partial charge in [-0.2, -0.15) is 0 Å². The Morgan fingerprint density at radius 3 is 2.63 bits per heavy atom. The predicted molar refractivity (Wildman–Crippen MR) is 77.5 cm³/mol. The molecule has 0 N–H and O–H groups in total. The van der Waals surface area contributed by atoms with Crippen molar-refractivity contribution in [2.24, 2.45) is 0 Å². The van der Waals surface area contributed by atoms with E-state index in [-0.39, 0.29) is 12.4 Å². The van der Waals surface area contributed by atoms with Crippen molar-refractivity contribution in [1.29, 1.82) is 0 Å². The molecule has 19 heavy (non-hydrogen) atoms. The van der Waals surface area contributed by atoms with Gasteiger partial charge < -0.3 is 4.74 Å². The van der Waals surface area contributed by atoms with E-state index in [1.807, 2.05) is 13.0 Å². The normalized spacial score (nSPS) is 10.3. The highest BCUT2D eigenvalue weighted by atomic mass is 35.5. The molecule has 0 radical (unpaired) electrons. The molecule has 2 aromatic carbocycles. The molecule has 2 rings (SSSR count). The number of rotatable bonds is 4. The van der Waals surface area contributed by atoms with Crippen LogP contribution in [0.1, 0.15) is 15.9 Å². The van der Waals surface area contributed by atoms with E-state index in [0.29, 0.717) is 21.4 Å². The van der Waals surface area contributed by atoms with Crippen LogP contribution in [0.3, 0.4) is 0 Å². The largest absolute Gasteiger partial charge is 0.484 e. The predicted octanol–water partition coefficient (Wildman–Crippen LogP) is 4.56. The van der Waals surface area contributed by atoms with Crippen LogP contribution in [0.4, 0.5) is 0 Å². The van der Waals surface area contributed by atoms with Gasteiger partial charge in [-0.1, -0.05) is 41.4 Å². The number of aryl methyl sites for hydroxylation is 1. The molecule has 0 aliphatic carbocycles. The summed E-state index contributed by atoms with van der Waals surface area (Å²) >= 11 is 11.8. The Morgan fingerprint density at radius 1 is 1.16 bits per heavy atom. The summed E-state index contributed by atoms with van der Waals surface area (Å²) < 4.78 is 5.42. The van der Waals surface area contributed by atoms with E-state index in [0.717, 1.165) is 5.56 Å². The fourth-order valence-electron chi connectivity index (χ4n) is 1.68. The molecule has 0 heterocycles. The van der Waals surface area contributed by atoms with Gasteiger partial charge in [-0.15, -0.1) is 0 Å². The number of ether oxygens (including phenoxy) is 1. The molecule has 2 nitrogen and oxygen atoms in total. The summed E-state index contributed by atoms with van der Waals surface area (Å²) in [6.07, 6.45) is 0. The van der Waals surface area contributed by atoms with Gasteiger partial charge in [0.1, 0.15) is 5.75 Å². The third-order valence-corrected chi connectivity index (χ3v) is 3.24. The standard InChI is InChI=1S/C15H12Cl2O2/c1-10-6-7-11(16)8-12(10)14(18)9-19-15-5-3-2-4-13(15)17/h2-8H,9H2,1H3. The maximum Gasteiger partial charge on any atom is 0.200 e. The summed E-state index contributed by atoms with van der Waals surface area (Å²) in [6.45, 7) is 1.80. The smallest absolute Gasteiger partial charge is 0.200 e. The number of carbonyl (C=O) groups excluding carboxylic acids is 1. The highest BCUT2D eigenvalue weighted by molar-refractivity contribution is 6.32. The first-order valence-electron chi connectivity index (χ1n) is 5.74. The van der Waals surface area contributed by atoms with Gasteiger partial charge >= 0.3 is 0 Å². The van der Waals surface area contributed by atoms with Gasteiger partial charge in [-0.05, 0) is 36.8 Å². The van der Waals surface area contributed by atoms with E-state index >= 15 is 0 Å². The molecule has 0 saturated carbocycles. The molecular formula is C15H12Cl2O2. The van der Waals surface area contributed by atoms with Gasteiger partial charge in [0.2, 0.25) is 5.78 Å². The molecule has 2 aromatic rings. The highest BCUT2D eigenvalue weighted by Crippen LogP contribution is 2.23. The Morgan fingerprint density at radius 2 is 1.89 bits per heavy atom. The Bertz CT molecular complexity index is 609. The summed E-state index contributed by atoms with van der Waals surface area (Å²) in [6, 6.07) is 12.3. The first-order chi connectivity index (χ1) is 9.08. The fraction of sp³-hybridized carbons (Fsp3) is 0.133. The Hall–Kier alpha value is -1.51. The van der Waals surface area contributed by atoms with Crippen molar-refractivity contribution < 1.29 is 9.53 Å². The zero-order valence-corrected chi connectivity index (χ0v) is 11.8. The fourth-order valence-corrected chi connectivity index (χ4v) is 2.04. The van der Waals surface area contributed by atoms with Crippen LogP contribution in [0.2, 0.25) is 10.0 Å². The number of para-hydroxylation sites is 1. The molecule has 0 fully saturated rings. The SMILES string of the molecule is Cc1ccc(Cl)cc1C(=O)COc1ccccc1Cl. The van der Waals surface area contributed by atoms with Crippen LogP contribution in [0.25, 0.3) is 0 Å². The third-order valence-electron chi connectivity index (χ3n) is 2.70. The van der Waals surface area contributed by atoms with Crippen molar-refractivity contribution in [3.63, 3.8) is 0 Å². The number of benzene rings is 2. The molecular weight excluding hydrogens is 283 g/mol. The van der Waals surface area contributed by atoms with E-state index in [1.165, 1.54) is 0 Å². The number of halogens is 2. The van der Waals surface area contributed by atoms with Crippen molar-refractivity contribution in [1.82, 2.24) is 0 Å². The van der Waals surface area contributed by atoms with Crippen LogP contribution >= 0.6 is 23.2 Å². The first-order valence-corrected chi connectivity index (χ1v) is 6.50. The van der Waals surface area contributed by atoms with E-state index in [2.05, 4.69) is 0 Å². The summed E-state index contributed by atoms with van der Waals surface area (Å²) in [5, 5.41) is 1.02. The van der Waals surface area contributed by atoms with Gasteiger partial charge in [0.25, 0.3) is 0 Å². The molecule has 4 heteroatoms. The molecule has 0 spiro atoms. The van der Waals surface area contributed by atoms with E-state index < -0.39 is 0 Å². The summed E-state index contributed by atoms with van der Waals surface area (Å²) in [5.74, 6) is 0.372. The lowest BCUT2D eigenvalue weighted by molar-refractivity contribution is 0.0921. The molecule has 0 aliphatic rings. The van der Waals surface area contributed by atoms with E-state index in [4.69, 9.17) is 27.9 Å². The van der Waals surface area contributed by atoms with Crippen LogP contribution < -0.4 is 4.74 Å². The average molecular weight is 295 g/mol. The van der Waals surface area contributed by atoms with Gasteiger partial charge in [0.05, 0.1) is 5.02 Å². The second kappa shape index (κ2) is 6.09. The Labute approximate surface area is 121 Å². The van der Waals surface area contributed by atoms with E-state index in [1.54, 1.807) is 36.4 Å². The lowest BCUT2D eigenvalue weighted by Crippen LogP contribution is -2.13. The van der Waals surface area contributed by atoms with Gasteiger partial charge in [0, 0.05) is 10.6 Å². The summed E-state index contributed by atoms with van der Waals surface area (Å²) in [5.41, 5.74) is 1.44. The Kier molecular flexibility index (Phi) is 4.46. The number of Topliss-reactive ketones (excluding diaryl/α,β-unsaturated/α-hetero) is 1. The first kappa shape index (κ1) is 13.9. The van der Waals surface area contributed by atoms with Gasteiger partial charge in [-0.3, -0.25) is 4.79 Å². The molecule has 98 valence electrons. The number of hydrogen-bond acceptors (Lipinski definition) is 2. The molecule has 0 unspecified atom stereocenters. The van der Waals surface area contributed by atoms with Crippen molar-refractivity contribution in [2.75, 3.05) is 6.61 Å². The number of ketones is 1. The maximum atomic E-state index is 12.1. The van der Waals surface area contributed by atoms with Crippen LogP contribution in [0.15, 0.2) is 42.5 Å². The molecule has 0 saturated heterocycles. The summed E-state index contributed by atoms with van der Waals surface area (Å²) in [4.78, 5) is 12.1. The zero-order chi connectivity index (χ0) is 13.8. The van der Waals surface area contributed by atoms with Gasteiger partial charge in [-0.25, -0.2) is 0 Å². The van der Waals surface area contributed by atoms with Gasteiger partial charge in [0.15, 0.2) is 6.61 Å². The Balaban J connectivity index is 2.10. The van der Waals surface area contributed by atoms with Crippen LogP contribution in [-0.4, -0.2) is 12.4 Å². The van der Waals surface area contributed by atoms with Crippen LogP contribution in [0, 0.1) is 6.92 Å². The zero-order valence-electron chi connectivity index (χ0n) is 10.3. The monoisotopic (exact) mass is 294 g/mol. The lowest BCUT2D eigenvalue weighted by atomic mass is 10.1. The molecule has 0 aliphatic heterocycles. The van der Waals surface area contributed by atoms with Crippen LogP contribution in [-0.2, 0) is 0 Å². The minimum absolute atomic E-state index is 0.0646. The third kappa shape index (κ3) is 3.49. The van der Waals surface area contributed by atoms with Crippen molar-refractivity contribution in [3.8, 4) is 5.75 Å². The quantitative estimate of drug-likeness (QED) is 0.773.